The lowest BCUT2D eigenvalue weighted by Gasteiger charge is -2.11. The smallest absolute Gasteiger partial charge is 0.382 e. The summed E-state index contributed by atoms with van der Waals surface area (Å²) in [6.07, 6.45) is -4.49. The van der Waals surface area contributed by atoms with Gasteiger partial charge in [-0.05, 0) is 18.2 Å². The van der Waals surface area contributed by atoms with Crippen molar-refractivity contribution in [1.82, 2.24) is 0 Å². The third-order valence-electron chi connectivity index (χ3n) is 2.29. The van der Waals surface area contributed by atoms with Gasteiger partial charge in [-0.25, -0.2) is 4.39 Å². The van der Waals surface area contributed by atoms with Gasteiger partial charge < -0.3 is 14.8 Å². The Labute approximate surface area is 108 Å². The molecule has 1 rings (SSSR count). The maximum atomic E-state index is 13.3. The molecule has 0 spiro atoms. The number of rotatable bonds is 7. The molecule has 3 nitrogen and oxygen atoms in total. The Hall–Kier alpha value is -1.34. The van der Waals surface area contributed by atoms with Gasteiger partial charge in [-0.1, -0.05) is 0 Å². The van der Waals surface area contributed by atoms with Gasteiger partial charge in [-0.3, -0.25) is 0 Å². The van der Waals surface area contributed by atoms with Crippen molar-refractivity contribution in [1.29, 1.82) is 0 Å². The molecule has 0 aliphatic rings. The van der Waals surface area contributed by atoms with E-state index in [1.54, 1.807) is 0 Å². The summed E-state index contributed by atoms with van der Waals surface area (Å²) in [7, 11) is 1.53. The highest BCUT2D eigenvalue weighted by molar-refractivity contribution is 5.48. The lowest BCUT2D eigenvalue weighted by Crippen LogP contribution is -2.13. The van der Waals surface area contributed by atoms with Crippen LogP contribution < -0.4 is 5.32 Å². The molecule has 1 N–H and O–H groups in total. The van der Waals surface area contributed by atoms with E-state index in [4.69, 9.17) is 9.47 Å². The summed E-state index contributed by atoms with van der Waals surface area (Å²) >= 11 is 0. The van der Waals surface area contributed by atoms with Crippen LogP contribution in [0.4, 0.5) is 23.2 Å². The number of halogens is 4. The number of hydrogen-bond donors (Lipinski definition) is 1. The van der Waals surface area contributed by atoms with E-state index in [-0.39, 0.29) is 18.8 Å². The van der Waals surface area contributed by atoms with Gasteiger partial charge in [0.1, 0.15) is 5.82 Å². The largest absolute Gasteiger partial charge is 0.416 e. The molecule has 0 aliphatic heterocycles. The van der Waals surface area contributed by atoms with E-state index in [0.717, 1.165) is 12.1 Å². The Morgan fingerprint density at radius 2 is 1.89 bits per heavy atom. The Balaban J connectivity index is 2.49. The van der Waals surface area contributed by atoms with Crippen molar-refractivity contribution >= 4 is 5.69 Å². The molecule has 19 heavy (non-hydrogen) atoms. The third-order valence-corrected chi connectivity index (χ3v) is 2.29. The molecule has 0 aliphatic carbocycles. The van der Waals surface area contributed by atoms with E-state index in [2.05, 4.69) is 5.32 Å². The van der Waals surface area contributed by atoms with Crippen molar-refractivity contribution in [3.63, 3.8) is 0 Å². The quantitative estimate of drug-likeness (QED) is 0.616. The summed E-state index contributed by atoms with van der Waals surface area (Å²) in [5, 5.41) is 2.56. The summed E-state index contributed by atoms with van der Waals surface area (Å²) in [4.78, 5) is 0. The molecule has 0 aromatic heterocycles. The van der Waals surface area contributed by atoms with Crippen LogP contribution in [-0.4, -0.2) is 33.5 Å². The highest BCUT2D eigenvalue weighted by Gasteiger charge is 2.31. The number of nitrogens with one attached hydrogen (secondary N) is 1. The van der Waals surface area contributed by atoms with Gasteiger partial charge in [-0.2, -0.15) is 13.2 Å². The lowest BCUT2D eigenvalue weighted by molar-refractivity contribution is -0.137. The molecule has 0 unspecified atom stereocenters. The zero-order valence-corrected chi connectivity index (χ0v) is 10.4. The molecular weight excluding hydrogens is 266 g/mol. The molecule has 0 atom stereocenters. The van der Waals surface area contributed by atoms with Gasteiger partial charge >= 0.3 is 6.18 Å². The van der Waals surface area contributed by atoms with E-state index in [9.17, 15) is 17.6 Å². The molecule has 0 radical (unpaired) electrons. The molecule has 1 aromatic rings. The van der Waals surface area contributed by atoms with Gasteiger partial charge in [0.2, 0.25) is 0 Å². The predicted octanol–water partition coefficient (Wildman–Crippen LogP) is 2.92. The minimum Gasteiger partial charge on any atom is -0.382 e. The highest BCUT2D eigenvalue weighted by Crippen LogP contribution is 2.31. The van der Waals surface area contributed by atoms with Crippen molar-refractivity contribution in [3.8, 4) is 0 Å². The fourth-order valence-electron chi connectivity index (χ4n) is 1.34. The Morgan fingerprint density at radius 3 is 2.53 bits per heavy atom. The van der Waals surface area contributed by atoms with Crippen LogP contribution in [0.3, 0.4) is 0 Å². The SMILES string of the molecule is COCCOCCNc1cc(C(F)(F)F)ccc1F. The Bertz CT molecular complexity index is 396. The first kappa shape index (κ1) is 15.7. The van der Waals surface area contributed by atoms with Crippen molar-refractivity contribution in [2.45, 2.75) is 6.18 Å². The first-order chi connectivity index (χ1) is 8.95. The Morgan fingerprint density at radius 1 is 1.16 bits per heavy atom. The second-order valence-electron chi connectivity index (χ2n) is 3.72. The average molecular weight is 281 g/mol. The number of alkyl halides is 3. The van der Waals surface area contributed by atoms with Crippen molar-refractivity contribution in [2.75, 3.05) is 38.8 Å². The molecule has 7 heteroatoms. The monoisotopic (exact) mass is 281 g/mol. The van der Waals surface area contributed by atoms with Gasteiger partial charge in [-0.15, -0.1) is 0 Å². The van der Waals surface area contributed by atoms with Crippen LogP contribution in [0.2, 0.25) is 0 Å². The van der Waals surface area contributed by atoms with E-state index in [1.807, 2.05) is 0 Å². The van der Waals surface area contributed by atoms with Gasteiger partial charge in [0, 0.05) is 13.7 Å². The maximum absolute atomic E-state index is 13.3. The molecule has 0 saturated carbocycles. The van der Waals surface area contributed by atoms with Gasteiger partial charge in [0.25, 0.3) is 0 Å². The maximum Gasteiger partial charge on any atom is 0.416 e. The minimum atomic E-state index is -4.49. The van der Waals surface area contributed by atoms with Crippen LogP contribution in [-0.2, 0) is 15.7 Å². The van der Waals surface area contributed by atoms with E-state index in [0.29, 0.717) is 19.3 Å². The van der Waals surface area contributed by atoms with E-state index < -0.39 is 17.6 Å². The topological polar surface area (TPSA) is 30.5 Å². The molecule has 1 aromatic carbocycles. The van der Waals surface area contributed by atoms with Crippen LogP contribution in [0, 0.1) is 5.82 Å². The summed E-state index contributed by atoms with van der Waals surface area (Å²) < 4.78 is 60.5. The summed E-state index contributed by atoms with van der Waals surface area (Å²) in [5.74, 6) is -0.732. The molecule has 0 heterocycles. The van der Waals surface area contributed by atoms with Crippen molar-refractivity contribution in [2.24, 2.45) is 0 Å². The van der Waals surface area contributed by atoms with E-state index in [1.165, 1.54) is 7.11 Å². The molecule has 0 bridgehead atoms. The van der Waals surface area contributed by atoms with E-state index >= 15 is 0 Å². The number of methoxy groups -OCH3 is 1. The third kappa shape index (κ3) is 5.44. The van der Waals surface area contributed by atoms with Crippen LogP contribution >= 0.6 is 0 Å². The number of anilines is 1. The molecule has 0 amide bonds. The number of hydrogen-bond acceptors (Lipinski definition) is 3. The number of benzene rings is 1. The predicted molar refractivity (Wildman–Crippen MR) is 62.6 cm³/mol. The van der Waals surface area contributed by atoms with Crippen molar-refractivity contribution in [3.05, 3.63) is 29.6 Å². The first-order valence-electron chi connectivity index (χ1n) is 5.62. The van der Waals surface area contributed by atoms with Gasteiger partial charge in [0.05, 0.1) is 31.1 Å². The molecular formula is C12H15F4NO2. The van der Waals surface area contributed by atoms with Crippen molar-refractivity contribution < 1.29 is 27.0 Å². The second kappa shape index (κ2) is 7.30. The molecule has 0 saturated heterocycles. The summed E-state index contributed by atoms with van der Waals surface area (Å²) in [6, 6.07) is 2.23. The second-order valence-corrected chi connectivity index (χ2v) is 3.72. The Kier molecular flexibility index (Phi) is 6.04. The van der Waals surface area contributed by atoms with Gasteiger partial charge in [0.15, 0.2) is 0 Å². The summed E-state index contributed by atoms with van der Waals surface area (Å²) in [6.45, 7) is 1.27. The normalized spacial score (nSPS) is 11.6. The molecule has 0 fully saturated rings. The summed E-state index contributed by atoms with van der Waals surface area (Å²) in [5.41, 5.74) is -1.08. The van der Waals surface area contributed by atoms with Crippen LogP contribution in [0.5, 0.6) is 0 Å². The fourth-order valence-corrected chi connectivity index (χ4v) is 1.34. The number of ether oxygens (including phenoxy) is 2. The average Bonchev–Trinajstić information content (AvgIpc) is 2.34. The zero-order valence-electron chi connectivity index (χ0n) is 10.4. The first-order valence-corrected chi connectivity index (χ1v) is 5.62. The fraction of sp³-hybridized carbons (Fsp3) is 0.500. The standard InChI is InChI=1S/C12H15F4NO2/c1-18-6-7-19-5-4-17-11-8-9(12(14,15)16)2-3-10(11)13/h2-3,8,17H,4-7H2,1H3. The highest BCUT2D eigenvalue weighted by atomic mass is 19.4. The molecule has 108 valence electrons. The van der Waals surface area contributed by atoms with Crippen LogP contribution in [0.25, 0.3) is 0 Å². The zero-order chi connectivity index (χ0) is 14.3. The minimum absolute atomic E-state index is 0.190. The van der Waals surface area contributed by atoms with Crippen LogP contribution in [0.1, 0.15) is 5.56 Å². The lowest BCUT2D eigenvalue weighted by atomic mass is 10.2. The van der Waals surface area contributed by atoms with Crippen LogP contribution in [0.15, 0.2) is 18.2 Å².